The number of amides is 1. The van der Waals surface area contributed by atoms with Gasteiger partial charge in [0.2, 0.25) is 5.91 Å². The van der Waals surface area contributed by atoms with Crippen LogP contribution < -0.4 is 14.8 Å². The molecule has 1 aromatic carbocycles. The molecule has 0 aromatic heterocycles. The molecule has 0 saturated carbocycles. The van der Waals surface area contributed by atoms with Crippen LogP contribution in [0.5, 0.6) is 11.5 Å². The van der Waals surface area contributed by atoms with Gasteiger partial charge in [-0.2, -0.15) is 0 Å². The molecule has 0 heterocycles. The quantitative estimate of drug-likeness (QED) is 0.728. The molecule has 0 spiro atoms. The van der Waals surface area contributed by atoms with Crippen LogP contribution in [-0.4, -0.2) is 31.4 Å². The van der Waals surface area contributed by atoms with Crippen molar-refractivity contribution in [1.29, 1.82) is 0 Å². The molecule has 130 valence electrons. The molecule has 0 aliphatic carbocycles. The fraction of sp³-hybridized carbons (Fsp3) is 0.611. The molecule has 1 N–H and O–H groups in total. The van der Waals surface area contributed by atoms with E-state index in [-0.39, 0.29) is 17.2 Å². The average Bonchev–Trinajstić information content (AvgIpc) is 2.51. The van der Waals surface area contributed by atoms with Crippen LogP contribution in [0.25, 0.3) is 0 Å². The van der Waals surface area contributed by atoms with Crippen LogP contribution in [0.3, 0.4) is 0 Å². The van der Waals surface area contributed by atoms with Gasteiger partial charge in [0.05, 0.1) is 19.5 Å². The van der Waals surface area contributed by atoms with Crippen LogP contribution in [0.2, 0.25) is 0 Å². The fourth-order valence-corrected chi connectivity index (χ4v) is 3.44. The van der Waals surface area contributed by atoms with Crippen LogP contribution in [0.15, 0.2) is 23.1 Å². The Bertz CT molecular complexity index is 509. The highest BCUT2D eigenvalue weighted by molar-refractivity contribution is 8.00. The molecule has 0 fully saturated rings. The van der Waals surface area contributed by atoms with E-state index in [1.165, 1.54) is 11.8 Å². The van der Waals surface area contributed by atoms with Crippen LogP contribution in [0, 0.1) is 11.8 Å². The summed E-state index contributed by atoms with van der Waals surface area (Å²) in [6, 6.07) is 5.89. The predicted octanol–water partition coefficient (Wildman–Crippen LogP) is 3.98. The number of thioether (sulfide) groups is 1. The number of carbonyl (C=O) groups excluding carboxylic acids is 1. The maximum Gasteiger partial charge on any atom is 0.233 e. The van der Waals surface area contributed by atoms with Crippen LogP contribution in [0.1, 0.15) is 34.6 Å². The van der Waals surface area contributed by atoms with E-state index in [9.17, 15) is 4.79 Å². The van der Waals surface area contributed by atoms with E-state index in [0.29, 0.717) is 23.3 Å². The van der Waals surface area contributed by atoms with E-state index in [2.05, 4.69) is 33.0 Å². The third kappa shape index (κ3) is 5.65. The predicted molar refractivity (Wildman–Crippen MR) is 96.5 cm³/mol. The maximum absolute atomic E-state index is 12.5. The molecule has 0 radical (unpaired) electrons. The first-order valence-corrected chi connectivity index (χ1v) is 8.87. The summed E-state index contributed by atoms with van der Waals surface area (Å²) in [6.07, 6.45) is 0. The molecule has 0 aliphatic rings. The van der Waals surface area contributed by atoms with Crippen molar-refractivity contribution >= 4 is 17.7 Å². The smallest absolute Gasteiger partial charge is 0.233 e. The van der Waals surface area contributed by atoms with Gasteiger partial charge in [-0.3, -0.25) is 4.79 Å². The molecule has 1 aromatic rings. The van der Waals surface area contributed by atoms with Crippen molar-refractivity contribution in [2.24, 2.45) is 11.8 Å². The van der Waals surface area contributed by atoms with Crippen molar-refractivity contribution in [2.75, 3.05) is 14.2 Å². The molecule has 5 heteroatoms. The van der Waals surface area contributed by atoms with Gasteiger partial charge in [0, 0.05) is 10.9 Å². The Kier molecular flexibility index (Phi) is 7.76. The van der Waals surface area contributed by atoms with E-state index in [1.807, 2.05) is 25.1 Å². The minimum Gasteiger partial charge on any atom is -0.493 e. The highest BCUT2D eigenvalue weighted by Crippen LogP contribution is 2.33. The third-order valence-corrected chi connectivity index (χ3v) is 4.88. The second-order valence-corrected chi connectivity index (χ2v) is 7.71. The lowest BCUT2D eigenvalue weighted by Crippen LogP contribution is -2.45. The van der Waals surface area contributed by atoms with E-state index in [4.69, 9.17) is 9.47 Å². The number of hydrogen-bond acceptors (Lipinski definition) is 4. The maximum atomic E-state index is 12.5. The number of methoxy groups -OCH3 is 2. The SMILES string of the molecule is COc1ccc(SC(C)C(=O)NC(C(C)C)C(C)C)cc1OC. The van der Waals surface area contributed by atoms with Gasteiger partial charge in [0.25, 0.3) is 0 Å². The summed E-state index contributed by atoms with van der Waals surface area (Å²) < 4.78 is 10.5. The number of hydrogen-bond donors (Lipinski definition) is 1. The van der Waals surface area contributed by atoms with E-state index in [0.717, 1.165) is 4.90 Å². The monoisotopic (exact) mass is 339 g/mol. The fourth-order valence-electron chi connectivity index (χ4n) is 2.53. The highest BCUT2D eigenvalue weighted by Gasteiger charge is 2.23. The first-order valence-electron chi connectivity index (χ1n) is 7.99. The largest absolute Gasteiger partial charge is 0.493 e. The van der Waals surface area contributed by atoms with Gasteiger partial charge in [-0.15, -0.1) is 11.8 Å². The summed E-state index contributed by atoms with van der Waals surface area (Å²) >= 11 is 1.52. The van der Waals surface area contributed by atoms with Crippen molar-refractivity contribution in [2.45, 2.75) is 50.8 Å². The number of carbonyl (C=O) groups is 1. The summed E-state index contributed by atoms with van der Waals surface area (Å²) in [7, 11) is 3.22. The van der Waals surface area contributed by atoms with E-state index >= 15 is 0 Å². The zero-order valence-electron chi connectivity index (χ0n) is 15.2. The standard InChI is InChI=1S/C18H29NO3S/c1-11(2)17(12(3)4)19-18(20)13(5)23-14-8-9-15(21-6)16(10-14)22-7/h8-13,17H,1-7H3,(H,19,20). The van der Waals surface area contributed by atoms with Crippen LogP contribution in [0.4, 0.5) is 0 Å². The first kappa shape index (κ1) is 19.7. The van der Waals surface area contributed by atoms with Gasteiger partial charge in [-0.25, -0.2) is 0 Å². The van der Waals surface area contributed by atoms with E-state index in [1.54, 1.807) is 14.2 Å². The molecule has 1 atom stereocenters. The number of nitrogens with one attached hydrogen (secondary N) is 1. The topological polar surface area (TPSA) is 47.6 Å². The average molecular weight is 340 g/mol. The second kappa shape index (κ2) is 9.06. The van der Waals surface area contributed by atoms with Gasteiger partial charge in [-0.05, 0) is 37.0 Å². The Labute approximate surface area is 144 Å². The lowest BCUT2D eigenvalue weighted by molar-refractivity contribution is -0.121. The Balaban J connectivity index is 2.75. The Hall–Kier alpha value is -1.36. The van der Waals surface area contributed by atoms with Crippen molar-refractivity contribution in [3.05, 3.63) is 18.2 Å². The van der Waals surface area contributed by atoms with Gasteiger partial charge in [0.1, 0.15) is 0 Å². The lowest BCUT2D eigenvalue weighted by Gasteiger charge is -2.27. The van der Waals surface area contributed by atoms with Crippen molar-refractivity contribution in [1.82, 2.24) is 5.32 Å². The minimum absolute atomic E-state index is 0.0668. The van der Waals surface area contributed by atoms with Crippen LogP contribution in [-0.2, 0) is 4.79 Å². The third-order valence-electron chi connectivity index (χ3n) is 3.78. The zero-order valence-corrected chi connectivity index (χ0v) is 16.0. The summed E-state index contributed by atoms with van der Waals surface area (Å²) in [6.45, 7) is 10.5. The summed E-state index contributed by atoms with van der Waals surface area (Å²) in [4.78, 5) is 13.4. The Morgan fingerprint density at radius 1 is 1.00 bits per heavy atom. The van der Waals surface area contributed by atoms with Gasteiger partial charge < -0.3 is 14.8 Å². The van der Waals surface area contributed by atoms with Crippen molar-refractivity contribution in [3.8, 4) is 11.5 Å². The molecular formula is C18H29NO3S. The molecule has 1 rings (SSSR count). The van der Waals surface area contributed by atoms with Crippen molar-refractivity contribution in [3.63, 3.8) is 0 Å². The summed E-state index contributed by atoms with van der Waals surface area (Å²) in [5, 5.41) is 3.00. The second-order valence-electron chi connectivity index (χ2n) is 6.30. The normalized spacial score (nSPS) is 12.6. The molecule has 0 bridgehead atoms. The molecule has 1 unspecified atom stereocenters. The van der Waals surface area contributed by atoms with E-state index < -0.39 is 0 Å². The number of benzene rings is 1. The lowest BCUT2D eigenvalue weighted by atomic mass is 9.93. The Morgan fingerprint density at radius 3 is 2.04 bits per heavy atom. The molecule has 4 nitrogen and oxygen atoms in total. The minimum atomic E-state index is -0.173. The van der Waals surface area contributed by atoms with Gasteiger partial charge in [0.15, 0.2) is 11.5 Å². The molecule has 0 aliphatic heterocycles. The Morgan fingerprint density at radius 2 is 1.57 bits per heavy atom. The first-order chi connectivity index (χ1) is 10.8. The number of rotatable bonds is 8. The van der Waals surface area contributed by atoms with Gasteiger partial charge >= 0.3 is 0 Å². The van der Waals surface area contributed by atoms with Crippen LogP contribution >= 0.6 is 11.8 Å². The highest BCUT2D eigenvalue weighted by atomic mass is 32.2. The molecule has 23 heavy (non-hydrogen) atoms. The zero-order chi connectivity index (χ0) is 17.6. The molecule has 0 saturated heterocycles. The number of ether oxygens (including phenoxy) is 2. The molecule has 1 amide bonds. The van der Waals surface area contributed by atoms with Gasteiger partial charge in [-0.1, -0.05) is 27.7 Å². The van der Waals surface area contributed by atoms with Crippen molar-refractivity contribution < 1.29 is 14.3 Å². The summed E-state index contributed by atoms with van der Waals surface area (Å²) in [5.74, 6) is 2.26. The molecular weight excluding hydrogens is 310 g/mol. The summed E-state index contributed by atoms with van der Waals surface area (Å²) in [5.41, 5.74) is 0.